The number of hydrogen-bond acceptors (Lipinski definition) is 3. The molecule has 114 valence electrons. The third kappa shape index (κ3) is 2.00. The van der Waals surface area contributed by atoms with Gasteiger partial charge in [0, 0.05) is 11.4 Å². The molecule has 2 saturated carbocycles. The molecule has 2 fully saturated rings. The molecule has 2 aromatic rings. The lowest BCUT2D eigenvalue weighted by atomic mass is 9.84. The first-order valence-electron chi connectivity index (χ1n) is 7.66. The Morgan fingerprint density at radius 1 is 1.18 bits per heavy atom. The SMILES string of the molecule is O=C(N[C@H]1[C@H]2CC[C@@H](C2)[C@H]1C(=O)O)c1cc2ccccc2o1. The van der Waals surface area contributed by atoms with E-state index in [1.54, 1.807) is 6.07 Å². The van der Waals surface area contributed by atoms with Crippen LogP contribution in [0.15, 0.2) is 34.7 Å². The molecule has 1 aromatic carbocycles. The number of carbonyl (C=O) groups is 2. The first kappa shape index (κ1) is 13.4. The van der Waals surface area contributed by atoms with Gasteiger partial charge < -0.3 is 14.8 Å². The number of para-hydroxylation sites is 1. The molecule has 0 spiro atoms. The number of fused-ring (bicyclic) bond motifs is 3. The van der Waals surface area contributed by atoms with E-state index in [1.165, 1.54) is 0 Å². The molecule has 22 heavy (non-hydrogen) atoms. The van der Waals surface area contributed by atoms with Gasteiger partial charge in [-0.25, -0.2) is 0 Å². The Balaban J connectivity index is 1.57. The lowest BCUT2D eigenvalue weighted by Crippen LogP contribution is -2.46. The minimum absolute atomic E-state index is 0.198. The molecule has 0 saturated heterocycles. The lowest BCUT2D eigenvalue weighted by molar-refractivity contribution is -0.144. The molecule has 0 aliphatic heterocycles. The van der Waals surface area contributed by atoms with E-state index in [-0.39, 0.29) is 29.5 Å². The largest absolute Gasteiger partial charge is 0.481 e. The number of furan rings is 1. The molecule has 1 aromatic heterocycles. The predicted octanol–water partition coefficient (Wildman–Crippen LogP) is 2.66. The van der Waals surface area contributed by atoms with Crippen molar-refractivity contribution in [3.8, 4) is 0 Å². The summed E-state index contributed by atoms with van der Waals surface area (Å²) in [5.74, 6) is -0.870. The van der Waals surface area contributed by atoms with Gasteiger partial charge in [-0.3, -0.25) is 9.59 Å². The van der Waals surface area contributed by atoms with Gasteiger partial charge in [-0.1, -0.05) is 18.2 Å². The number of amides is 1. The van der Waals surface area contributed by atoms with Gasteiger partial charge in [0.2, 0.25) is 0 Å². The van der Waals surface area contributed by atoms with Crippen LogP contribution in [0.25, 0.3) is 11.0 Å². The Kier molecular flexibility index (Phi) is 2.96. The summed E-state index contributed by atoms with van der Waals surface area (Å²) in [5, 5.41) is 13.2. The highest BCUT2D eigenvalue weighted by Crippen LogP contribution is 2.48. The Morgan fingerprint density at radius 2 is 1.95 bits per heavy atom. The van der Waals surface area contributed by atoms with Crippen molar-refractivity contribution in [3.05, 3.63) is 36.1 Å². The van der Waals surface area contributed by atoms with Gasteiger partial charge in [-0.15, -0.1) is 0 Å². The number of rotatable bonds is 3. The van der Waals surface area contributed by atoms with Crippen LogP contribution in [-0.4, -0.2) is 23.0 Å². The Hall–Kier alpha value is -2.30. The van der Waals surface area contributed by atoms with Gasteiger partial charge in [-0.2, -0.15) is 0 Å². The molecule has 0 unspecified atom stereocenters. The summed E-state index contributed by atoms with van der Waals surface area (Å²) < 4.78 is 5.56. The molecule has 5 nitrogen and oxygen atoms in total. The summed E-state index contributed by atoms with van der Waals surface area (Å²) in [4.78, 5) is 23.9. The maximum Gasteiger partial charge on any atom is 0.308 e. The normalized spacial score (nSPS) is 29.8. The topological polar surface area (TPSA) is 79.5 Å². The van der Waals surface area contributed by atoms with Gasteiger partial charge >= 0.3 is 5.97 Å². The van der Waals surface area contributed by atoms with Gasteiger partial charge in [0.15, 0.2) is 5.76 Å². The summed E-state index contributed by atoms with van der Waals surface area (Å²) in [6, 6.07) is 8.85. The van der Waals surface area contributed by atoms with Gasteiger partial charge in [0.25, 0.3) is 5.91 Å². The van der Waals surface area contributed by atoms with E-state index in [0.29, 0.717) is 5.58 Å². The second-order valence-electron chi connectivity index (χ2n) is 6.34. The monoisotopic (exact) mass is 299 g/mol. The highest BCUT2D eigenvalue weighted by atomic mass is 16.4. The lowest BCUT2D eigenvalue weighted by Gasteiger charge is -2.28. The van der Waals surface area contributed by atoms with Crippen molar-refractivity contribution >= 4 is 22.8 Å². The molecule has 2 bridgehead atoms. The molecule has 0 radical (unpaired) electrons. The first-order valence-corrected chi connectivity index (χ1v) is 7.66. The zero-order valence-corrected chi connectivity index (χ0v) is 12.0. The van der Waals surface area contributed by atoms with Crippen LogP contribution >= 0.6 is 0 Å². The predicted molar refractivity (Wildman–Crippen MR) is 79.4 cm³/mol. The average molecular weight is 299 g/mol. The zero-order chi connectivity index (χ0) is 15.3. The molecule has 2 aliphatic rings. The molecule has 2 N–H and O–H groups in total. The molecule has 1 heterocycles. The van der Waals surface area contributed by atoms with Crippen LogP contribution in [0.1, 0.15) is 29.8 Å². The maximum atomic E-state index is 12.4. The van der Waals surface area contributed by atoms with Crippen LogP contribution in [0.2, 0.25) is 0 Å². The van der Waals surface area contributed by atoms with Crippen LogP contribution in [0, 0.1) is 17.8 Å². The quantitative estimate of drug-likeness (QED) is 0.913. The van der Waals surface area contributed by atoms with Crippen molar-refractivity contribution < 1.29 is 19.1 Å². The van der Waals surface area contributed by atoms with Crippen LogP contribution < -0.4 is 5.32 Å². The number of carboxylic acids is 1. The van der Waals surface area contributed by atoms with E-state index in [1.807, 2.05) is 24.3 Å². The molecular formula is C17H17NO4. The summed E-state index contributed by atoms with van der Waals surface area (Å²) in [6.45, 7) is 0. The highest BCUT2D eigenvalue weighted by molar-refractivity contribution is 5.96. The third-order valence-electron chi connectivity index (χ3n) is 5.15. The second-order valence-corrected chi connectivity index (χ2v) is 6.34. The summed E-state index contributed by atoms with van der Waals surface area (Å²) in [6.07, 6.45) is 2.86. The average Bonchev–Trinajstić information content (AvgIpc) is 3.20. The van der Waals surface area contributed by atoms with Crippen molar-refractivity contribution in [2.45, 2.75) is 25.3 Å². The van der Waals surface area contributed by atoms with Gasteiger partial charge in [-0.05, 0) is 43.2 Å². The Bertz CT molecular complexity index is 717. The van der Waals surface area contributed by atoms with E-state index in [9.17, 15) is 14.7 Å². The van der Waals surface area contributed by atoms with Crippen LogP contribution in [-0.2, 0) is 4.79 Å². The fraction of sp³-hybridized carbons (Fsp3) is 0.412. The van der Waals surface area contributed by atoms with Crippen molar-refractivity contribution in [2.24, 2.45) is 17.8 Å². The molecule has 1 amide bonds. The van der Waals surface area contributed by atoms with E-state index in [4.69, 9.17) is 4.42 Å². The third-order valence-corrected chi connectivity index (χ3v) is 5.15. The standard InChI is InChI=1S/C17H17NO4/c19-16(13-8-9-3-1-2-4-12(9)22-13)18-15-11-6-5-10(7-11)14(15)17(20)21/h1-4,8,10-11,14-15H,5-7H2,(H,18,19)(H,20,21)/t10-,11-,14+,15-/m0/s1. The first-order chi connectivity index (χ1) is 10.6. The molecule has 4 rings (SSSR count). The van der Waals surface area contributed by atoms with Crippen molar-refractivity contribution in [2.75, 3.05) is 0 Å². The number of carboxylic acid groups (broad SMARTS) is 1. The Labute approximate surface area is 127 Å². The second kappa shape index (κ2) is 4.87. The zero-order valence-electron chi connectivity index (χ0n) is 12.0. The molecule has 5 heteroatoms. The molecule has 2 aliphatic carbocycles. The molecular weight excluding hydrogens is 282 g/mol. The van der Waals surface area contributed by atoms with E-state index >= 15 is 0 Å². The Morgan fingerprint density at radius 3 is 2.73 bits per heavy atom. The minimum atomic E-state index is -0.804. The summed E-state index contributed by atoms with van der Waals surface area (Å²) in [7, 11) is 0. The number of nitrogens with one attached hydrogen (secondary N) is 1. The van der Waals surface area contributed by atoms with Crippen LogP contribution in [0.5, 0.6) is 0 Å². The summed E-state index contributed by atoms with van der Waals surface area (Å²) >= 11 is 0. The van der Waals surface area contributed by atoms with E-state index in [2.05, 4.69) is 5.32 Å². The smallest absolute Gasteiger partial charge is 0.308 e. The molecule has 4 atom stereocenters. The van der Waals surface area contributed by atoms with E-state index in [0.717, 1.165) is 24.6 Å². The maximum absolute atomic E-state index is 12.4. The summed E-state index contributed by atoms with van der Waals surface area (Å²) in [5.41, 5.74) is 0.662. The number of aliphatic carboxylic acids is 1. The number of benzene rings is 1. The van der Waals surface area contributed by atoms with Crippen LogP contribution in [0.3, 0.4) is 0 Å². The van der Waals surface area contributed by atoms with E-state index < -0.39 is 11.9 Å². The van der Waals surface area contributed by atoms with Crippen LogP contribution in [0.4, 0.5) is 0 Å². The van der Waals surface area contributed by atoms with Crippen molar-refractivity contribution in [1.29, 1.82) is 0 Å². The number of hydrogen-bond donors (Lipinski definition) is 2. The van der Waals surface area contributed by atoms with Gasteiger partial charge in [0.05, 0.1) is 5.92 Å². The fourth-order valence-electron chi connectivity index (χ4n) is 4.17. The van der Waals surface area contributed by atoms with Gasteiger partial charge in [0.1, 0.15) is 5.58 Å². The van der Waals surface area contributed by atoms with Crippen molar-refractivity contribution in [1.82, 2.24) is 5.32 Å². The number of carbonyl (C=O) groups excluding carboxylic acids is 1. The highest BCUT2D eigenvalue weighted by Gasteiger charge is 2.51. The minimum Gasteiger partial charge on any atom is -0.481 e. The van der Waals surface area contributed by atoms with Crippen molar-refractivity contribution in [3.63, 3.8) is 0 Å². The fourth-order valence-corrected chi connectivity index (χ4v) is 4.17.